The molecular formula is C24H36N6O5S. The van der Waals surface area contributed by atoms with Crippen LogP contribution >= 0.6 is 0 Å². The van der Waals surface area contributed by atoms with Gasteiger partial charge in [0.15, 0.2) is 0 Å². The number of hydrogen-bond donors (Lipinski definition) is 3. The van der Waals surface area contributed by atoms with E-state index in [2.05, 4.69) is 25.0 Å². The topological polar surface area (TPSA) is 147 Å². The molecule has 0 bridgehead atoms. The minimum absolute atomic E-state index is 0.0109. The lowest BCUT2D eigenvalue weighted by Gasteiger charge is -2.27. The summed E-state index contributed by atoms with van der Waals surface area (Å²) in [6, 6.07) is 7.19. The first-order chi connectivity index (χ1) is 17.0. The van der Waals surface area contributed by atoms with Gasteiger partial charge in [-0.2, -0.15) is 15.0 Å². The number of nitrogens with zero attached hydrogens (tertiary/aromatic N) is 4. The summed E-state index contributed by atoms with van der Waals surface area (Å²) in [5, 5.41) is 12.8. The van der Waals surface area contributed by atoms with E-state index in [4.69, 9.17) is 4.74 Å². The van der Waals surface area contributed by atoms with Crippen LogP contribution in [0.2, 0.25) is 0 Å². The third-order valence-corrected chi connectivity index (χ3v) is 6.34. The van der Waals surface area contributed by atoms with Gasteiger partial charge in [-0.1, -0.05) is 32.9 Å². The Morgan fingerprint density at radius 1 is 1.08 bits per heavy atom. The first kappa shape index (κ1) is 27.8. The molecule has 3 N–H and O–H groups in total. The van der Waals surface area contributed by atoms with Gasteiger partial charge in [0.2, 0.25) is 21.9 Å². The highest BCUT2D eigenvalue weighted by Gasteiger charge is 2.20. The maximum atomic E-state index is 12.7. The van der Waals surface area contributed by atoms with Gasteiger partial charge in [-0.3, -0.25) is 9.52 Å². The quantitative estimate of drug-likeness (QED) is 0.404. The molecule has 0 spiro atoms. The van der Waals surface area contributed by atoms with Gasteiger partial charge in [-0.15, -0.1) is 0 Å². The predicted molar refractivity (Wildman–Crippen MR) is 138 cm³/mol. The van der Waals surface area contributed by atoms with Crippen LogP contribution in [0.25, 0.3) is 0 Å². The number of morpholine rings is 1. The van der Waals surface area contributed by atoms with E-state index in [1.54, 1.807) is 4.90 Å². The number of sulfonamides is 1. The number of nitrogens with one attached hydrogen (secondary N) is 2. The molecule has 1 saturated heterocycles. The molecule has 0 aliphatic carbocycles. The fraction of sp³-hybridized carbons (Fsp3) is 0.583. The minimum atomic E-state index is -3.59. The molecule has 12 heteroatoms. The Hall–Kier alpha value is -2.83. The number of benzene rings is 1. The van der Waals surface area contributed by atoms with E-state index in [1.165, 1.54) is 0 Å². The van der Waals surface area contributed by atoms with Crippen molar-refractivity contribution in [1.29, 1.82) is 0 Å². The summed E-state index contributed by atoms with van der Waals surface area (Å²) in [6.45, 7) is 8.26. The van der Waals surface area contributed by atoms with E-state index < -0.39 is 10.0 Å². The van der Waals surface area contributed by atoms with Gasteiger partial charge < -0.3 is 20.1 Å². The van der Waals surface area contributed by atoms with Crippen molar-refractivity contribution in [3.63, 3.8) is 0 Å². The van der Waals surface area contributed by atoms with Gasteiger partial charge in [-0.25, -0.2) is 8.42 Å². The van der Waals surface area contributed by atoms with Crippen molar-refractivity contribution < 1.29 is 23.1 Å². The van der Waals surface area contributed by atoms with E-state index in [9.17, 15) is 18.3 Å². The molecule has 2 aromatic rings. The van der Waals surface area contributed by atoms with Crippen molar-refractivity contribution >= 4 is 27.8 Å². The first-order valence-corrected chi connectivity index (χ1v) is 14.0. The predicted octanol–water partition coefficient (Wildman–Crippen LogP) is 1.88. The number of carbonyl (C=O) groups excluding carboxylic acids is 1. The van der Waals surface area contributed by atoms with Crippen LogP contribution in [0.3, 0.4) is 0 Å². The average molecular weight is 521 g/mol. The first-order valence-electron chi connectivity index (χ1n) is 12.1. The van der Waals surface area contributed by atoms with Crippen LogP contribution < -0.4 is 10.0 Å². The molecule has 1 aliphatic rings. The van der Waals surface area contributed by atoms with E-state index in [-0.39, 0.29) is 36.4 Å². The number of amides is 1. The molecule has 1 aliphatic heterocycles. The van der Waals surface area contributed by atoms with Crippen LogP contribution in [0.4, 0.5) is 11.9 Å². The Morgan fingerprint density at radius 3 is 2.31 bits per heavy atom. The molecule has 0 radical (unpaired) electrons. The molecule has 2 atom stereocenters. The number of hydrogen-bond acceptors (Lipinski definition) is 9. The maximum Gasteiger partial charge on any atom is 0.254 e. The number of rotatable bonds is 11. The summed E-state index contributed by atoms with van der Waals surface area (Å²) in [5.41, 5.74) is 1.62. The van der Waals surface area contributed by atoms with Crippen molar-refractivity contribution in [1.82, 2.24) is 19.9 Å². The lowest BCUT2D eigenvalue weighted by atomic mass is 9.96. The van der Waals surface area contributed by atoms with Crippen LogP contribution in [-0.2, 0) is 21.2 Å². The van der Waals surface area contributed by atoms with E-state index >= 15 is 0 Å². The largest absolute Gasteiger partial charge is 0.394 e. The molecule has 1 aromatic heterocycles. The molecule has 1 aromatic carbocycles. The van der Waals surface area contributed by atoms with Crippen LogP contribution in [0.1, 0.15) is 54.9 Å². The van der Waals surface area contributed by atoms with Gasteiger partial charge in [0.1, 0.15) is 5.82 Å². The summed E-state index contributed by atoms with van der Waals surface area (Å²) in [5.74, 6) is 0.836. The van der Waals surface area contributed by atoms with Gasteiger partial charge in [0.25, 0.3) is 5.91 Å². The van der Waals surface area contributed by atoms with E-state index in [0.717, 1.165) is 11.8 Å². The number of ether oxygens (including phenoxy) is 1. The summed E-state index contributed by atoms with van der Waals surface area (Å²) in [6.07, 6.45) is 2.14. The van der Waals surface area contributed by atoms with Gasteiger partial charge in [0.05, 0.1) is 32.1 Å². The zero-order valence-electron chi connectivity index (χ0n) is 21.3. The van der Waals surface area contributed by atoms with Crippen LogP contribution in [0, 0.1) is 5.92 Å². The van der Waals surface area contributed by atoms with E-state index in [1.807, 2.05) is 45.0 Å². The van der Waals surface area contributed by atoms with Crippen molar-refractivity contribution in [2.75, 3.05) is 49.2 Å². The Balaban J connectivity index is 1.76. The number of carbonyl (C=O) groups is 1. The zero-order valence-corrected chi connectivity index (χ0v) is 22.1. The normalized spacial score (nSPS) is 16.0. The summed E-state index contributed by atoms with van der Waals surface area (Å²) in [4.78, 5) is 27.5. The maximum absolute atomic E-state index is 12.7. The van der Waals surface area contributed by atoms with Crippen molar-refractivity contribution in [2.45, 2.75) is 45.6 Å². The lowest BCUT2D eigenvalue weighted by molar-refractivity contribution is 0.0303. The molecule has 1 amide bonds. The molecule has 11 nitrogen and oxygen atoms in total. The molecule has 36 heavy (non-hydrogen) atoms. The van der Waals surface area contributed by atoms with Crippen LogP contribution in [0.5, 0.6) is 0 Å². The van der Waals surface area contributed by atoms with Crippen LogP contribution in [0.15, 0.2) is 24.3 Å². The molecule has 198 valence electrons. The standard InChI is InChI=1S/C24H36N6O5S/c1-16(2)13-20(15-31)25-23-26-21(27-24(28-23)29-36(4,33)34)14-17(3)18-5-7-19(8-6-18)22(32)30-9-11-35-12-10-30/h5-8,16-17,20,31H,9-15H2,1-4H3,(H2,25,26,27,28,29). The molecule has 0 saturated carbocycles. The van der Waals surface area contributed by atoms with Gasteiger partial charge in [0, 0.05) is 25.1 Å². The molecule has 3 rings (SSSR count). The highest BCUT2D eigenvalue weighted by atomic mass is 32.2. The minimum Gasteiger partial charge on any atom is -0.394 e. The third-order valence-electron chi connectivity index (χ3n) is 5.78. The summed E-state index contributed by atoms with van der Waals surface area (Å²) in [7, 11) is -3.59. The van der Waals surface area contributed by atoms with Crippen LogP contribution in [-0.4, -0.2) is 84.5 Å². The summed E-state index contributed by atoms with van der Waals surface area (Å²) >= 11 is 0. The second kappa shape index (κ2) is 12.4. The smallest absolute Gasteiger partial charge is 0.254 e. The highest BCUT2D eigenvalue weighted by Crippen LogP contribution is 2.22. The SMILES string of the molecule is CC(C)CC(CO)Nc1nc(CC(C)c2ccc(C(=O)N3CCOCC3)cc2)nc(NS(C)(=O)=O)n1. The van der Waals surface area contributed by atoms with Crippen molar-refractivity contribution in [3.05, 3.63) is 41.2 Å². The second-order valence-electron chi connectivity index (χ2n) is 9.56. The zero-order chi connectivity index (χ0) is 26.3. The fourth-order valence-electron chi connectivity index (χ4n) is 4.01. The molecule has 2 heterocycles. The molecule has 1 fully saturated rings. The number of aromatic nitrogens is 3. The number of aliphatic hydroxyl groups is 1. The lowest BCUT2D eigenvalue weighted by Crippen LogP contribution is -2.40. The second-order valence-corrected chi connectivity index (χ2v) is 11.3. The Kier molecular flexibility index (Phi) is 9.57. The average Bonchev–Trinajstić information content (AvgIpc) is 2.82. The van der Waals surface area contributed by atoms with Gasteiger partial charge >= 0.3 is 0 Å². The summed E-state index contributed by atoms with van der Waals surface area (Å²) < 4.78 is 31.2. The van der Waals surface area contributed by atoms with Crippen molar-refractivity contribution in [3.8, 4) is 0 Å². The number of aliphatic hydroxyl groups excluding tert-OH is 1. The Bertz CT molecular complexity index is 1120. The third kappa shape index (κ3) is 8.38. The molecule has 2 unspecified atom stereocenters. The van der Waals surface area contributed by atoms with Crippen molar-refractivity contribution in [2.24, 2.45) is 5.92 Å². The Labute approximate surface area is 212 Å². The molecular weight excluding hydrogens is 484 g/mol. The van der Waals surface area contributed by atoms with E-state index in [0.29, 0.717) is 56.5 Å². The monoisotopic (exact) mass is 520 g/mol. The Morgan fingerprint density at radius 2 is 1.72 bits per heavy atom. The fourth-order valence-corrected chi connectivity index (χ4v) is 4.44. The highest BCUT2D eigenvalue weighted by molar-refractivity contribution is 7.91. The number of anilines is 2. The van der Waals surface area contributed by atoms with Gasteiger partial charge in [-0.05, 0) is 36.0 Å².